The molecule has 0 atom stereocenters. The number of carbonyl (C=O) groups excluding carboxylic acids is 2. The van der Waals surface area contributed by atoms with Crippen LogP contribution in [0.5, 0.6) is 11.5 Å². The van der Waals surface area contributed by atoms with Crippen LogP contribution in [0.25, 0.3) is 16.5 Å². The first-order chi connectivity index (χ1) is 13.6. The predicted molar refractivity (Wildman–Crippen MR) is 111 cm³/mol. The number of aromatic hydroxyl groups is 1. The summed E-state index contributed by atoms with van der Waals surface area (Å²) in [6, 6.07) is 3.01. The van der Waals surface area contributed by atoms with Gasteiger partial charge in [-0.3, -0.25) is 4.79 Å². The summed E-state index contributed by atoms with van der Waals surface area (Å²) in [4.78, 5) is 26.8. The average molecular weight is 421 g/mol. The monoisotopic (exact) mass is 421 g/mol. The molecule has 0 aliphatic carbocycles. The van der Waals surface area contributed by atoms with Crippen LogP contribution in [0.1, 0.15) is 48.0 Å². The number of azide groups is 1. The Morgan fingerprint density at radius 3 is 2.70 bits per heavy atom. The highest BCUT2D eigenvalue weighted by molar-refractivity contribution is 5.97. The van der Waals surface area contributed by atoms with Crippen LogP contribution in [0.4, 0.5) is 0 Å². The third kappa shape index (κ3) is 8.78. The first-order valence-electron chi connectivity index (χ1n) is 9.15. The van der Waals surface area contributed by atoms with Gasteiger partial charge in [-0.1, -0.05) is 23.3 Å². The van der Waals surface area contributed by atoms with Gasteiger partial charge in [0.25, 0.3) is 0 Å². The van der Waals surface area contributed by atoms with Crippen molar-refractivity contribution >= 4 is 17.8 Å². The fraction of sp³-hybridized carbons (Fsp3) is 0.400. The van der Waals surface area contributed by atoms with Crippen LogP contribution in [0.3, 0.4) is 0 Å². The van der Waals surface area contributed by atoms with Crippen molar-refractivity contribution in [1.82, 2.24) is 0 Å². The summed E-state index contributed by atoms with van der Waals surface area (Å²) in [7, 11) is 0. The molecule has 1 aromatic carbocycles. The second-order valence-electron chi connectivity index (χ2n) is 6.15. The Bertz CT molecular complexity index is 815. The molecule has 0 spiro atoms. The molecule has 1 aliphatic rings. The smallest absolute Gasteiger partial charge is 0.342 e. The predicted octanol–water partition coefficient (Wildman–Crippen LogP) is 2.69. The van der Waals surface area contributed by atoms with E-state index in [0.717, 1.165) is 0 Å². The lowest BCUT2D eigenvalue weighted by atomic mass is 10.0. The van der Waals surface area contributed by atoms with Gasteiger partial charge in [0.15, 0.2) is 5.78 Å². The van der Waals surface area contributed by atoms with Crippen molar-refractivity contribution in [2.75, 3.05) is 19.8 Å². The SMILES string of the molecule is O.O.[N-]=[N+]=NCCCOc1cc(O)c2c(c1)/C=C/CCCC(=O)/C=C\CCOC2=O. The molecule has 2 rings (SSSR count). The van der Waals surface area contributed by atoms with Gasteiger partial charge in [0.1, 0.15) is 17.1 Å². The molecule has 1 aromatic rings. The number of cyclic esters (lactones) is 1. The number of esters is 1. The fourth-order valence-electron chi connectivity index (χ4n) is 2.62. The van der Waals surface area contributed by atoms with Crippen molar-refractivity contribution in [3.63, 3.8) is 0 Å². The van der Waals surface area contributed by atoms with Gasteiger partial charge in [0.05, 0.1) is 13.2 Å². The lowest BCUT2D eigenvalue weighted by molar-refractivity contribution is -0.114. The van der Waals surface area contributed by atoms with E-state index < -0.39 is 5.97 Å². The molecule has 0 saturated carbocycles. The van der Waals surface area contributed by atoms with Crippen molar-refractivity contribution in [3.8, 4) is 11.5 Å². The molecule has 10 nitrogen and oxygen atoms in total. The van der Waals surface area contributed by atoms with Gasteiger partial charge in [-0.25, -0.2) is 4.79 Å². The molecule has 0 aromatic heterocycles. The summed E-state index contributed by atoms with van der Waals surface area (Å²) in [5, 5.41) is 13.8. The average Bonchev–Trinajstić information content (AvgIpc) is 2.66. The van der Waals surface area contributed by atoms with Gasteiger partial charge < -0.3 is 25.5 Å². The largest absolute Gasteiger partial charge is 0.507 e. The van der Waals surface area contributed by atoms with Crippen molar-refractivity contribution < 1.29 is 35.1 Å². The highest BCUT2D eigenvalue weighted by Crippen LogP contribution is 2.30. The second kappa shape index (κ2) is 14.6. The molecule has 0 unspecified atom stereocenters. The lowest BCUT2D eigenvalue weighted by Gasteiger charge is -2.12. The van der Waals surface area contributed by atoms with Crippen LogP contribution < -0.4 is 4.74 Å². The van der Waals surface area contributed by atoms with E-state index in [0.29, 0.717) is 56.6 Å². The first-order valence-corrected chi connectivity index (χ1v) is 9.15. The minimum absolute atomic E-state index is 0. The summed E-state index contributed by atoms with van der Waals surface area (Å²) in [6.45, 7) is 0.732. The van der Waals surface area contributed by atoms with E-state index in [1.807, 2.05) is 6.08 Å². The standard InChI is InChI=1S/C20H23N3O5.2H2O/c21-23-22-10-6-12-27-17-13-15-7-2-1-3-8-16(24)9-4-5-11-28-20(26)19(15)18(25)14-17;;/h2,4,7,9,13-14,25H,1,3,5-6,8,10-12H2;2*1H2/b7-2+,9-4-;;. The number of phenolic OH excluding ortho intramolecular Hbond substituents is 1. The van der Waals surface area contributed by atoms with E-state index in [4.69, 9.17) is 15.0 Å². The molecule has 1 aliphatic heterocycles. The number of allylic oxidation sites excluding steroid dienone is 2. The highest BCUT2D eigenvalue weighted by Gasteiger charge is 2.18. The zero-order valence-electron chi connectivity index (χ0n) is 16.5. The maximum absolute atomic E-state index is 12.4. The van der Waals surface area contributed by atoms with Gasteiger partial charge in [-0.15, -0.1) is 0 Å². The molecule has 5 N–H and O–H groups in total. The number of ether oxygens (including phenoxy) is 2. The summed E-state index contributed by atoms with van der Waals surface area (Å²) >= 11 is 0. The Morgan fingerprint density at radius 2 is 1.93 bits per heavy atom. The number of carbonyl (C=O) groups is 2. The Kier molecular flexibility index (Phi) is 13.0. The van der Waals surface area contributed by atoms with Crippen molar-refractivity contribution in [1.29, 1.82) is 0 Å². The Hall–Kier alpha value is -3.33. The molecular formula is C20H27N3O7. The molecule has 0 radical (unpaired) electrons. The molecule has 0 fully saturated rings. The zero-order chi connectivity index (χ0) is 20.2. The van der Waals surface area contributed by atoms with E-state index in [1.54, 1.807) is 18.2 Å². The molecule has 0 saturated heterocycles. The van der Waals surface area contributed by atoms with Crippen LogP contribution in [-0.4, -0.2) is 47.6 Å². The number of benzene rings is 1. The number of nitrogens with zero attached hydrogens (tertiary/aromatic N) is 3. The van der Waals surface area contributed by atoms with Crippen LogP contribution in [-0.2, 0) is 9.53 Å². The second-order valence-corrected chi connectivity index (χ2v) is 6.15. The molecule has 1 heterocycles. The molecule has 164 valence electrons. The number of phenols is 1. The number of hydrogen-bond acceptors (Lipinski definition) is 6. The number of ketones is 1. The minimum atomic E-state index is -0.635. The van der Waals surface area contributed by atoms with E-state index >= 15 is 0 Å². The quantitative estimate of drug-likeness (QED) is 0.251. The van der Waals surface area contributed by atoms with E-state index in [2.05, 4.69) is 10.0 Å². The van der Waals surface area contributed by atoms with Gasteiger partial charge in [0.2, 0.25) is 0 Å². The third-order valence-electron chi connectivity index (χ3n) is 3.97. The van der Waals surface area contributed by atoms with Gasteiger partial charge in [-0.05, 0) is 48.9 Å². The van der Waals surface area contributed by atoms with Gasteiger partial charge >= 0.3 is 5.97 Å². The zero-order valence-corrected chi connectivity index (χ0v) is 16.5. The van der Waals surface area contributed by atoms with Crippen molar-refractivity contribution in [2.45, 2.75) is 32.1 Å². The Morgan fingerprint density at radius 1 is 1.17 bits per heavy atom. The lowest BCUT2D eigenvalue weighted by Crippen LogP contribution is -2.09. The molecular weight excluding hydrogens is 394 g/mol. The Balaban J connectivity index is 0.00000420. The van der Waals surface area contributed by atoms with Crippen molar-refractivity contribution in [2.24, 2.45) is 5.11 Å². The normalized spacial score (nSPS) is 16.3. The number of hydrogen-bond donors (Lipinski definition) is 1. The van der Waals surface area contributed by atoms with Crippen LogP contribution >= 0.6 is 0 Å². The molecule has 10 heteroatoms. The number of fused-ring (bicyclic) bond motifs is 1. The Labute approximate surface area is 174 Å². The third-order valence-corrected chi connectivity index (χ3v) is 3.97. The van der Waals surface area contributed by atoms with Gasteiger partial charge in [-0.2, -0.15) is 0 Å². The van der Waals surface area contributed by atoms with E-state index in [9.17, 15) is 14.7 Å². The first kappa shape index (κ1) is 26.7. The maximum Gasteiger partial charge on any atom is 0.342 e. The highest BCUT2D eigenvalue weighted by atomic mass is 16.5. The molecule has 30 heavy (non-hydrogen) atoms. The van der Waals surface area contributed by atoms with Crippen LogP contribution in [0.15, 0.2) is 35.5 Å². The van der Waals surface area contributed by atoms with Gasteiger partial charge in [0, 0.05) is 23.9 Å². The molecule has 0 amide bonds. The summed E-state index contributed by atoms with van der Waals surface area (Å²) in [5.74, 6) is -0.418. The summed E-state index contributed by atoms with van der Waals surface area (Å²) in [6.07, 6.45) is 9.53. The molecule has 0 bridgehead atoms. The van der Waals surface area contributed by atoms with Crippen molar-refractivity contribution in [3.05, 3.63) is 51.9 Å². The topological polar surface area (TPSA) is 185 Å². The minimum Gasteiger partial charge on any atom is -0.507 e. The fourth-order valence-corrected chi connectivity index (χ4v) is 2.62. The van der Waals surface area contributed by atoms with E-state index in [1.165, 1.54) is 12.1 Å². The maximum atomic E-state index is 12.4. The summed E-state index contributed by atoms with van der Waals surface area (Å²) < 4.78 is 10.8. The summed E-state index contributed by atoms with van der Waals surface area (Å²) in [5.41, 5.74) is 8.82. The van der Waals surface area contributed by atoms with E-state index in [-0.39, 0.29) is 34.7 Å². The van der Waals surface area contributed by atoms with Crippen LogP contribution in [0.2, 0.25) is 0 Å². The van der Waals surface area contributed by atoms with Crippen LogP contribution in [0, 0.1) is 0 Å². The number of rotatable bonds is 5.